The Morgan fingerprint density at radius 2 is 2.08 bits per heavy atom. The van der Waals surface area contributed by atoms with Crippen LogP contribution in [0.5, 0.6) is 0 Å². The summed E-state index contributed by atoms with van der Waals surface area (Å²) in [5, 5.41) is 19.3. The fourth-order valence-electron chi connectivity index (χ4n) is 1.26. The van der Waals surface area contributed by atoms with E-state index >= 15 is 0 Å². The molecular weight excluding hydrogens is 184 g/mol. The molecule has 0 bridgehead atoms. The zero-order valence-electron chi connectivity index (χ0n) is 6.97. The lowest BCUT2D eigenvalue weighted by molar-refractivity contribution is 0.0984. The lowest BCUT2D eigenvalue weighted by atomic mass is 10.2. The molecule has 0 aliphatic rings. The Hall–Kier alpha value is -0.900. The monoisotopic (exact) mass is 194 g/mol. The van der Waals surface area contributed by atoms with E-state index in [2.05, 4.69) is 0 Å². The minimum absolute atomic E-state index is 0.215. The molecular formula is C10H10O2S. The van der Waals surface area contributed by atoms with E-state index in [1.165, 1.54) is 11.3 Å². The molecule has 68 valence electrons. The molecule has 0 fully saturated rings. The molecule has 0 saturated carbocycles. The summed E-state index contributed by atoms with van der Waals surface area (Å²) >= 11 is 1.52. The fraction of sp³-hybridized carbons (Fsp3) is 0.200. The van der Waals surface area contributed by atoms with Gasteiger partial charge in [0.25, 0.3) is 0 Å². The minimum Gasteiger partial charge on any atom is -0.393 e. The zero-order valence-corrected chi connectivity index (χ0v) is 7.79. The van der Waals surface area contributed by atoms with Crippen molar-refractivity contribution in [3.63, 3.8) is 0 Å². The number of hydrogen-bond donors (Lipinski definition) is 2. The topological polar surface area (TPSA) is 40.5 Å². The highest BCUT2D eigenvalue weighted by molar-refractivity contribution is 7.19. The van der Waals surface area contributed by atoms with E-state index in [0.29, 0.717) is 0 Å². The van der Waals surface area contributed by atoms with Crippen molar-refractivity contribution in [1.29, 1.82) is 0 Å². The van der Waals surface area contributed by atoms with Crippen LogP contribution >= 0.6 is 11.3 Å². The molecule has 2 N–H and O–H groups in total. The van der Waals surface area contributed by atoms with Gasteiger partial charge in [0, 0.05) is 9.58 Å². The maximum absolute atomic E-state index is 9.39. The maximum atomic E-state index is 9.39. The van der Waals surface area contributed by atoms with E-state index in [1.54, 1.807) is 0 Å². The van der Waals surface area contributed by atoms with Gasteiger partial charge in [0.15, 0.2) is 0 Å². The number of thiophene rings is 1. The Morgan fingerprint density at radius 1 is 1.31 bits per heavy atom. The van der Waals surface area contributed by atoms with E-state index in [4.69, 9.17) is 5.11 Å². The summed E-state index contributed by atoms with van der Waals surface area (Å²) in [6, 6.07) is 9.85. The average molecular weight is 194 g/mol. The van der Waals surface area contributed by atoms with Crippen molar-refractivity contribution in [1.82, 2.24) is 0 Å². The summed E-state index contributed by atoms with van der Waals surface area (Å²) in [7, 11) is 0. The van der Waals surface area contributed by atoms with Crippen LogP contribution in [-0.2, 0) is 0 Å². The Kier molecular flexibility index (Phi) is 2.31. The number of aliphatic hydroxyl groups excluding tert-OH is 2. The van der Waals surface area contributed by atoms with Gasteiger partial charge in [-0.3, -0.25) is 0 Å². The van der Waals surface area contributed by atoms with Gasteiger partial charge in [0.05, 0.1) is 6.61 Å². The molecule has 1 atom stereocenters. The molecule has 1 heterocycles. The van der Waals surface area contributed by atoms with Gasteiger partial charge in [-0.05, 0) is 17.5 Å². The second kappa shape index (κ2) is 3.46. The van der Waals surface area contributed by atoms with E-state index in [9.17, 15) is 5.11 Å². The predicted molar refractivity (Wildman–Crippen MR) is 53.9 cm³/mol. The molecule has 1 aromatic carbocycles. The van der Waals surface area contributed by atoms with E-state index in [1.807, 2.05) is 30.3 Å². The van der Waals surface area contributed by atoms with Crippen molar-refractivity contribution in [3.8, 4) is 0 Å². The standard InChI is InChI=1S/C10H10O2S/c11-6-8(12)10-5-7-3-1-2-4-9(7)13-10/h1-5,8,11-12H,6H2/t8-/m0/s1. The van der Waals surface area contributed by atoms with Crippen LogP contribution in [0.25, 0.3) is 10.1 Å². The summed E-state index contributed by atoms with van der Waals surface area (Å²) < 4.78 is 1.14. The SMILES string of the molecule is OC[C@H](O)c1cc2ccccc2s1. The van der Waals surface area contributed by atoms with Crippen molar-refractivity contribution < 1.29 is 10.2 Å². The van der Waals surface area contributed by atoms with Gasteiger partial charge in [0.1, 0.15) is 6.10 Å². The van der Waals surface area contributed by atoms with Gasteiger partial charge in [0.2, 0.25) is 0 Å². The van der Waals surface area contributed by atoms with Crippen LogP contribution < -0.4 is 0 Å². The third-order valence-corrected chi connectivity index (χ3v) is 3.16. The number of fused-ring (bicyclic) bond motifs is 1. The second-order valence-corrected chi connectivity index (χ2v) is 4.00. The maximum Gasteiger partial charge on any atom is 0.111 e. The van der Waals surface area contributed by atoms with Crippen molar-refractivity contribution in [2.24, 2.45) is 0 Å². The first-order valence-corrected chi connectivity index (χ1v) is 4.90. The molecule has 0 radical (unpaired) electrons. The molecule has 3 heteroatoms. The largest absolute Gasteiger partial charge is 0.393 e. The van der Waals surface area contributed by atoms with E-state index in [-0.39, 0.29) is 6.61 Å². The fourth-order valence-corrected chi connectivity index (χ4v) is 2.30. The summed E-state index contributed by atoms with van der Waals surface area (Å²) in [4.78, 5) is 0.823. The first kappa shape index (κ1) is 8.69. The lowest BCUT2D eigenvalue weighted by Crippen LogP contribution is -1.98. The molecule has 2 nitrogen and oxygen atoms in total. The molecule has 0 aliphatic heterocycles. The van der Waals surface area contributed by atoms with Crippen LogP contribution in [0.1, 0.15) is 11.0 Å². The normalized spacial score (nSPS) is 13.4. The van der Waals surface area contributed by atoms with Crippen LogP contribution in [0.2, 0.25) is 0 Å². The number of rotatable bonds is 2. The van der Waals surface area contributed by atoms with Gasteiger partial charge in [-0.25, -0.2) is 0 Å². The Morgan fingerprint density at radius 3 is 2.77 bits per heavy atom. The number of aliphatic hydroxyl groups is 2. The molecule has 1 aromatic heterocycles. The Balaban J connectivity index is 2.49. The predicted octanol–water partition coefficient (Wildman–Crippen LogP) is 1.93. The Labute approximate surface area is 80.1 Å². The van der Waals surface area contributed by atoms with Crippen molar-refractivity contribution in [3.05, 3.63) is 35.2 Å². The third-order valence-electron chi connectivity index (χ3n) is 1.95. The van der Waals surface area contributed by atoms with Gasteiger partial charge in [-0.1, -0.05) is 18.2 Å². The molecule has 2 aromatic rings. The first-order chi connectivity index (χ1) is 6.31. The van der Waals surface area contributed by atoms with E-state index in [0.717, 1.165) is 15.0 Å². The molecule has 2 rings (SSSR count). The van der Waals surface area contributed by atoms with Gasteiger partial charge in [-0.2, -0.15) is 0 Å². The highest BCUT2D eigenvalue weighted by atomic mass is 32.1. The summed E-state index contributed by atoms with van der Waals surface area (Å²) in [5.74, 6) is 0. The zero-order chi connectivity index (χ0) is 9.26. The van der Waals surface area contributed by atoms with Gasteiger partial charge < -0.3 is 10.2 Å². The van der Waals surface area contributed by atoms with Crippen molar-refractivity contribution >= 4 is 21.4 Å². The van der Waals surface area contributed by atoms with Crippen LogP contribution in [0.15, 0.2) is 30.3 Å². The number of hydrogen-bond acceptors (Lipinski definition) is 3. The van der Waals surface area contributed by atoms with Crippen molar-refractivity contribution in [2.75, 3.05) is 6.61 Å². The van der Waals surface area contributed by atoms with E-state index < -0.39 is 6.10 Å². The molecule has 0 amide bonds. The number of benzene rings is 1. The second-order valence-electron chi connectivity index (χ2n) is 2.88. The Bertz CT molecular complexity index is 375. The molecule has 0 unspecified atom stereocenters. The summed E-state index contributed by atoms with van der Waals surface area (Å²) in [6.45, 7) is -0.215. The van der Waals surface area contributed by atoms with Crippen LogP contribution in [0.4, 0.5) is 0 Å². The highest BCUT2D eigenvalue weighted by Gasteiger charge is 2.09. The van der Waals surface area contributed by atoms with Crippen molar-refractivity contribution in [2.45, 2.75) is 6.10 Å². The van der Waals surface area contributed by atoms with Crippen LogP contribution in [0, 0.1) is 0 Å². The molecule has 0 saturated heterocycles. The minimum atomic E-state index is -0.739. The van der Waals surface area contributed by atoms with Crippen LogP contribution in [0.3, 0.4) is 0 Å². The highest BCUT2D eigenvalue weighted by Crippen LogP contribution is 2.29. The first-order valence-electron chi connectivity index (χ1n) is 4.08. The average Bonchev–Trinajstić information content (AvgIpc) is 2.59. The summed E-state index contributed by atoms with van der Waals surface area (Å²) in [5.41, 5.74) is 0. The molecule has 13 heavy (non-hydrogen) atoms. The molecule has 0 spiro atoms. The lowest BCUT2D eigenvalue weighted by Gasteiger charge is -2.00. The quantitative estimate of drug-likeness (QED) is 0.766. The summed E-state index contributed by atoms with van der Waals surface area (Å²) in [6.07, 6.45) is -0.739. The van der Waals surface area contributed by atoms with Crippen LogP contribution in [-0.4, -0.2) is 16.8 Å². The third kappa shape index (κ3) is 1.58. The molecule has 0 aliphatic carbocycles. The van der Waals surface area contributed by atoms with Gasteiger partial charge in [-0.15, -0.1) is 11.3 Å². The van der Waals surface area contributed by atoms with Gasteiger partial charge >= 0.3 is 0 Å². The smallest absolute Gasteiger partial charge is 0.111 e.